The van der Waals surface area contributed by atoms with Crippen LogP contribution >= 0.6 is 23.2 Å². The number of halogens is 3. The molecule has 4 nitrogen and oxygen atoms in total. The highest BCUT2D eigenvalue weighted by Crippen LogP contribution is 2.30. The van der Waals surface area contributed by atoms with E-state index < -0.39 is 11.8 Å². The minimum absolute atomic E-state index is 0.0217. The molecule has 1 aliphatic rings. The second kappa shape index (κ2) is 6.41. The van der Waals surface area contributed by atoms with Crippen LogP contribution in [0.1, 0.15) is 27.9 Å². The van der Waals surface area contributed by atoms with Crippen LogP contribution in [-0.2, 0) is 12.8 Å². The Morgan fingerprint density at radius 2 is 1.85 bits per heavy atom. The van der Waals surface area contributed by atoms with Crippen LogP contribution in [0.3, 0.4) is 0 Å². The van der Waals surface area contributed by atoms with E-state index in [0.717, 1.165) is 35.9 Å². The Morgan fingerprint density at radius 1 is 1.08 bits per heavy atom. The lowest BCUT2D eigenvalue weighted by Gasteiger charge is -2.09. The van der Waals surface area contributed by atoms with Crippen LogP contribution in [0.4, 0.5) is 4.39 Å². The van der Waals surface area contributed by atoms with Gasteiger partial charge in [0.1, 0.15) is 17.1 Å². The third-order valence-corrected chi connectivity index (χ3v) is 4.99. The lowest BCUT2D eigenvalue weighted by Crippen LogP contribution is -2.10. The molecule has 0 bridgehead atoms. The van der Waals surface area contributed by atoms with E-state index in [4.69, 9.17) is 32.4 Å². The number of esters is 1. The van der Waals surface area contributed by atoms with Crippen molar-refractivity contribution in [2.75, 3.05) is 0 Å². The third-order valence-electron chi connectivity index (χ3n) is 4.39. The number of carbonyl (C=O) groups is 1. The first-order chi connectivity index (χ1) is 12.4. The second-order valence-electron chi connectivity index (χ2n) is 5.99. The Labute approximate surface area is 157 Å². The minimum Gasteiger partial charge on any atom is -0.423 e. The molecule has 0 aliphatic heterocycles. The summed E-state index contributed by atoms with van der Waals surface area (Å²) in [7, 11) is 0. The Hall–Kier alpha value is -2.37. The lowest BCUT2D eigenvalue weighted by molar-refractivity contribution is 0.0734. The second-order valence-corrected chi connectivity index (χ2v) is 6.81. The summed E-state index contributed by atoms with van der Waals surface area (Å²) in [4.78, 5) is 24.3. The van der Waals surface area contributed by atoms with Crippen LogP contribution in [0, 0.1) is 5.82 Å². The smallest absolute Gasteiger partial charge is 0.345 e. The van der Waals surface area contributed by atoms with Gasteiger partial charge in [0.05, 0.1) is 15.6 Å². The first-order valence-electron chi connectivity index (χ1n) is 7.89. The van der Waals surface area contributed by atoms with Crippen molar-refractivity contribution in [3.05, 3.63) is 73.3 Å². The van der Waals surface area contributed by atoms with Gasteiger partial charge in [-0.05, 0) is 49.1 Å². The monoisotopic (exact) mass is 392 g/mol. The van der Waals surface area contributed by atoms with Crippen molar-refractivity contribution in [1.82, 2.24) is 0 Å². The zero-order valence-corrected chi connectivity index (χ0v) is 14.8. The fourth-order valence-electron chi connectivity index (χ4n) is 3.17. The largest absolute Gasteiger partial charge is 0.423 e. The van der Waals surface area contributed by atoms with E-state index in [1.54, 1.807) is 12.1 Å². The predicted octanol–water partition coefficient (Wildman–Crippen LogP) is 4.95. The molecule has 1 heterocycles. The first-order valence-corrected chi connectivity index (χ1v) is 8.65. The van der Waals surface area contributed by atoms with Crippen molar-refractivity contribution in [1.29, 1.82) is 0 Å². The SMILES string of the molecule is O=C(Oc1ccc2c3c(c(=O)oc2c1)CCC3)c1cc(F)c(Cl)cc1Cl. The molecule has 0 atom stereocenters. The number of aryl methyl sites for hydroxylation is 1. The zero-order valence-electron chi connectivity index (χ0n) is 13.3. The van der Waals surface area contributed by atoms with Gasteiger partial charge < -0.3 is 9.15 Å². The van der Waals surface area contributed by atoms with Gasteiger partial charge >= 0.3 is 11.6 Å². The third kappa shape index (κ3) is 2.87. The molecular formula is C19H11Cl2FO4. The van der Waals surface area contributed by atoms with Gasteiger partial charge in [0.15, 0.2) is 0 Å². The number of ether oxygens (including phenoxy) is 1. The molecule has 1 aromatic heterocycles. The van der Waals surface area contributed by atoms with Gasteiger partial charge in [0.25, 0.3) is 0 Å². The van der Waals surface area contributed by atoms with Crippen LogP contribution in [0.5, 0.6) is 5.75 Å². The van der Waals surface area contributed by atoms with E-state index in [1.165, 1.54) is 6.07 Å². The predicted molar refractivity (Wildman–Crippen MR) is 95.9 cm³/mol. The molecular weight excluding hydrogens is 382 g/mol. The Kier molecular flexibility index (Phi) is 4.21. The van der Waals surface area contributed by atoms with Crippen LogP contribution in [-0.4, -0.2) is 5.97 Å². The van der Waals surface area contributed by atoms with Gasteiger partial charge in [-0.1, -0.05) is 23.2 Å². The fourth-order valence-corrected chi connectivity index (χ4v) is 3.63. The van der Waals surface area contributed by atoms with E-state index in [9.17, 15) is 14.0 Å². The molecule has 0 spiro atoms. The maximum Gasteiger partial charge on any atom is 0.345 e. The summed E-state index contributed by atoms with van der Waals surface area (Å²) in [6, 6.07) is 6.86. The molecule has 0 fully saturated rings. The molecule has 0 amide bonds. The van der Waals surface area contributed by atoms with Crippen molar-refractivity contribution >= 4 is 40.1 Å². The van der Waals surface area contributed by atoms with Gasteiger partial charge in [-0.25, -0.2) is 14.0 Å². The van der Waals surface area contributed by atoms with Crippen molar-refractivity contribution in [3.63, 3.8) is 0 Å². The molecule has 4 rings (SSSR count). The zero-order chi connectivity index (χ0) is 18.4. The average Bonchev–Trinajstić information content (AvgIpc) is 3.08. The van der Waals surface area contributed by atoms with Crippen molar-refractivity contribution in [3.8, 4) is 5.75 Å². The van der Waals surface area contributed by atoms with Crippen LogP contribution in [0.2, 0.25) is 10.0 Å². The van der Waals surface area contributed by atoms with E-state index in [0.29, 0.717) is 17.6 Å². The molecule has 0 saturated carbocycles. The molecule has 0 unspecified atom stereocenters. The van der Waals surface area contributed by atoms with E-state index in [-0.39, 0.29) is 27.0 Å². The molecule has 132 valence electrons. The van der Waals surface area contributed by atoms with Crippen LogP contribution < -0.4 is 10.4 Å². The van der Waals surface area contributed by atoms with E-state index in [2.05, 4.69) is 0 Å². The normalized spacial score (nSPS) is 13.0. The first kappa shape index (κ1) is 17.1. The average molecular weight is 393 g/mol. The van der Waals surface area contributed by atoms with Gasteiger partial charge in [0, 0.05) is 17.0 Å². The fraction of sp³-hybridized carbons (Fsp3) is 0.158. The molecule has 0 saturated heterocycles. The number of benzene rings is 2. The van der Waals surface area contributed by atoms with Crippen molar-refractivity contribution in [2.24, 2.45) is 0 Å². The summed E-state index contributed by atoms with van der Waals surface area (Å²) < 4.78 is 24.2. The molecule has 2 aromatic carbocycles. The summed E-state index contributed by atoms with van der Waals surface area (Å²) >= 11 is 11.6. The summed E-state index contributed by atoms with van der Waals surface area (Å²) in [5, 5.41) is 0.617. The quantitative estimate of drug-likeness (QED) is 0.268. The summed E-state index contributed by atoms with van der Waals surface area (Å²) in [5.41, 5.74) is 1.53. The highest BCUT2D eigenvalue weighted by molar-refractivity contribution is 6.36. The van der Waals surface area contributed by atoms with Crippen LogP contribution in [0.15, 0.2) is 39.5 Å². The number of hydrogen-bond donors (Lipinski definition) is 0. The number of fused-ring (bicyclic) bond motifs is 3. The minimum atomic E-state index is -0.839. The number of carbonyl (C=O) groups excluding carboxylic acids is 1. The standard InChI is InChI=1S/C19H11Cl2FO4/c20-14-8-15(21)16(22)7-13(14)19(24)25-9-4-5-11-10-2-1-3-12(10)18(23)26-17(11)6-9/h4-8H,1-3H2. The molecule has 0 radical (unpaired) electrons. The maximum atomic E-state index is 13.6. The molecule has 0 N–H and O–H groups in total. The summed E-state index contributed by atoms with van der Waals surface area (Å²) in [5.74, 6) is -1.45. The molecule has 3 aromatic rings. The van der Waals surface area contributed by atoms with Crippen LogP contribution in [0.25, 0.3) is 11.0 Å². The molecule has 1 aliphatic carbocycles. The number of rotatable bonds is 2. The van der Waals surface area contributed by atoms with Crippen molar-refractivity contribution < 1.29 is 18.3 Å². The highest BCUT2D eigenvalue weighted by atomic mass is 35.5. The van der Waals surface area contributed by atoms with Crippen molar-refractivity contribution in [2.45, 2.75) is 19.3 Å². The van der Waals surface area contributed by atoms with E-state index >= 15 is 0 Å². The molecule has 7 heteroatoms. The topological polar surface area (TPSA) is 56.5 Å². The number of hydrogen-bond acceptors (Lipinski definition) is 4. The highest BCUT2D eigenvalue weighted by Gasteiger charge is 2.21. The van der Waals surface area contributed by atoms with E-state index in [1.807, 2.05) is 0 Å². The summed E-state index contributed by atoms with van der Waals surface area (Å²) in [6.07, 6.45) is 2.44. The van der Waals surface area contributed by atoms with Gasteiger partial charge in [0.2, 0.25) is 0 Å². The lowest BCUT2D eigenvalue weighted by atomic mass is 10.1. The van der Waals surface area contributed by atoms with Gasteiger partial charge in [-0.3, -0.25) is 0 Å². The Morgan fingerprint density at radius 3 is 2.65 bits per heavy atom. The van der Waals surface area contributed by atoms with Gasteiger partial charge in [-0.15, -0.1) is 0 Å². The maximum absolute atomic E-state index is 13.6. The summed E-state index contributed by atoms with van der Waals surface area (Å²) in [6.45, 7) is 0. The molecule has 26 heavy (non-hydrogen) atoms. The Bertz CT molecular complexity index is 1120. The van der Waals surface area contributed by atoms with Gasteiger partial charge in [-0.2, -0.15) is 0 Å². The Balaban J connectivity index is 1.70.